The Labute approximate surface area is 105 Å². The average molecular weight is 304 g/mol. The van der Waals surface area contributed by atoms with Gasteiger partial charge in [0.2, 0.25) is 10.0 Å². The van der Waals surface area contributed by atoms with E-state index in [1.54, 1.807) is 19.1 Å². The summed E-state index contributed by atoms with van der Waals surface area (Å²) in [6, 6.07) is 5.35. The quantitative estimate of drug-likeness (QED) is 0.929. The molecule has 0 aliphatic carbocycles. The first kappa shape index (κ1) is 13.4. The van der Waals surface area contributed by atoms with Gasteiger partial charge in [-0.2, -0.15) is 0 Å². The standard InChI is InChI=1S/C11H14BrNO2S/c1-8-4-5-9(2)11(6-8)16(14,15)13-7-10(3)12/h4-6,13H,3,7H2,1-2H3. The molecule has 1 aromatic carbocycles. The fourth-order valence-electron chi connectivity index (χ4n) is 1.25. The molecule has 16 heavy (non-hydrogen) atoms. The zero-order valence-electron chi connectivity index (χ0n) is 9.25. The van der Waals surface area contributed by atoms with E-state index in [0.29, 0.717) is 9.38 Å². The van der Waals surface area contributed by atoms with Crippen LogP contribution in [-0.4, -0.2) is 15.0 Å². The zero-order chi connectivity index (χ0) is 12.3. The molecule has 0 bridgehead atoms. The fourth-order valence-corrected chi connectivity index (χ4v) is 2.93. The monoisotopic (exact) mass is 303 g/mol. The maximum Gasteiger partial charge on any atom is 0.241 e. The first-order chi connectivity index (χ1) is 7.33. The number of benzene rings is 1. The lowest BCUT2D eigenvalue weighted by molar-refractivity contribution is 0.584. The van der Waals surface area contributed by atoms with E-state index in [2.05, 4.69) is 27.2 Å². The van der Waals surface area contributed by atoms with E-state index in [-0.39, 0.29) is 6.54 Å². The highest BCUT2D eigenvalue weighted by Gasteiger charge is 2.16. The van der Waals surface area contributed by atoms with E-state index in [4.69, 9.17) is 0 Å². The maximum absolute atomic E-state index is 11.9. The van der Waals surface area contributed by atoms with Gasteiger partial charge in [-0.1, -0.05) is 34.6 Å². The molecule has 88 valence electrons. The third-order valence-corrected chi connectivity index (χ3v) is 3.91. The molecule has 0 radical (unpaired) electrons. The smallest absolute Gasteiger partial charge is 0.207 e. The number of rotatable bonds is 4. The minimum absolute atomic E-state index is 0.190. The van der Waals surface area contributed by atoms with E-state index in [1.165, 1.54) is 0 Å². The maximum atomic E-state index is 11.9. The van der Waals surface area contributed by atoms with Crippen LogP contribution in [0.2, 0.25) is 0 Å². The van der Waals surface area contributed by atoms with Crippen molar-refractivity contribution in [2.75, 3.05) is 6.54 Å². The van der Waals surface area contributed by atoms with E-state index in [0.717, 1.165) is 11.1 Å². The van der Waals surface area contributed by atoms with Gasteiger partial charge in [-0.15, -0.1) is 0 Å². The van der Waals surface area contributed by atoms with Crippen LogP contribution in [0.15, 0.2) is 34.2 Å². The lowest BCUT2D eigenvalue weighted by Gasteiger charge is -2.09. The van der Waals surface area contributed by atoms with Crippen LogP contribution < -0.4 is 4.72 Å². The van der Waals surface area contributed by atoms with Crippen molar-refractivity contribution in [3.63, 3.8) is 0 Å². The van der Waals surface area contributed by atoms with Gasteiger partial charge < -0.3 is 0 Å². The molecule has 0 saturated heterocycles. The van der Waals surface area contributed by atoms with Crippen LogP contribution >= 0.6 is 15.9 Å². The van der Waals surface area contributed by atoms with Crippen molar-refractivity contribution in [1.29, 1.82) is 0 Å². The number of aryl methyl sites for hydroxylation is 2. The van der Waals surface area contributed by atoms with Crippen LogP contribution in [0, 0.1) is 13.8 Å². The third kappa shape index (κ3) is 3.43. The molecule has 1 aromatic rings. The van der Waals surface area contributed by atoms with Gasteiger partial charge in [0, 0.05) is 11.0 Å². The van der Waals surface area contributed by atoms with Gasteiger partial charge in [0.05, 0.1) is 4.90 Å². The van der Waals surface area contributed by atoms with Crippen molar-refractivity contribution in [1.82, 2.24) is 4.72 Å². The number of halogens is 1. The van der Waals surface area contributed by atoms with E-state index >= 15 is 0 Å². The molecule has 0 aliphatic rings. The summed E-state index contributed by atoms with van der Waals surface area (Å²) in [7, 11) is -3.45. The molecular weight excluding hydrogens is 290 g/mol. The minimum atomic E-state index is -3.45. The molecule has 0 heterocycles. The van der Waals surface area contributed by atoms with Crippen LogP contribution in [0.5, 0.6) is 0 Å². The number of nitrogens with one attached hydrogen (secondary N) is 1. The summed E-state index contributed by atoms with van der Waals surface area (Å²) in [5, 5.41) is 0. The molecule has 3 nitrogen and oxygen atoms in total. The molecule has 0 atom stereocenters. The second-order valence-corrected chi connectivity index (χ2v) is 6.47. The average Bonchev–Trinajstić information content (AvgIpc) is 2.19. The van der Waals surface area contributed by atoms with Gasteiger partial charge >= 0.3 is 0 Å². The Bertz CT molecular complexity index is 509. The van der Waals surface area contributed by atoms with E-state index in [1.807, 2.05) is 13.0 Å². The molecule has 0 fully saturated rings. The van der Waals surface area contributed by atoms with Crippen molar-refractivity contribution >= 4 is 26.0 Å². The molecule has 0 saturated carbocycles. The Morgan fingerprint density at radius 1 is 1.44 bits per heavy atom. The fraction of sp³-hybridized carbons (Fsp3) is 0.273. The molecular formula is C11H14BrNO2S. The Balaban J connectivity index is 3.07. The molecule has 0 spiro atoms. The number of hydrogen-bond donors (Lipinski definition) is 1. The van der Waals surface area contributed by atoms with Crippen LogP contribution in [-0.2, 0) is 10.0 Å². The van der Waals surface area contributed by atoms with Gasteiger partial charge in [-0.25, -0.2) is 13.1 Å². The molecule has 0 aliphatic heterocycles. The van der Waals surface area contributed by atoms with Gasteiger partial charge in [-0.05, 0) is 31.0 Å². The summed E-state index contributed by atoms with van der Waals surface area (Å²) in [5.74, 6) is 0. The molecule has 0 amide bonds. The Morgan fingerprint density at radius 2 is 2.06 bits per heavy atom. The topological polar surface area (TPSA) is 46.2 Å². The van der Waals surface area contributed by atoms with Crippen molar-refractivity contribution in [2.45, 2.75) is 18.7 Å². The number of sulfonamides is 1. The van der Waals surface area contributed by atoms with Crippen molar-refractivity contribution in [2.24, 2.45) is 0 Å². The SMILES string of the molecule is C=C(Br)CNS(=O)(=O)c1cc(C)ccc1C. The highest BCUT2D eigenvalue weighted by molar-refractivity contribution is 9.11. The Morgan fingerprint density at radius 3 is 2.62 bits per heavy atom. The number of hydrogen-bond acceptors (Lipinski definition) is 2. The zero-order valence-corrected chi connectivity index (χ0v) is 11.7. The van der Waals surface area contributed by atoms with E-state index in [9.17, 15) is 8.42 Å². The van der Waals surface area contributed by atoms with Crippen molar-refractivity contribution in [3.8, 4) is 0 Å². The molecule has 0 unspecified atom stereocenters. The van der Waals surface area contributed by atoms with E-state index < -0.39 is 10.0 Å². The lowest BCUT2D eigenvalue weighted by atomic mass is 10.2. The highest BCUT2D eigenvalue weighted by Crippen LogP contribution is 2.16. The summed E-state index contributed by atoms with van der Waals surface area (Å²) >= 11 is 3.11. The summed E-state index contributed by atoms with van der Waals surface area (Å²) < 4.78 is 26.9. The predicted molar refractivity (Wildman–Crippen MR) is 69.2 cm³/mol. The van der Waals surface area contributed by atoms with Gasteiger partial charge in [0.15, 0.2) is 0 Å². The van der Waals surface area contributed by atoms with Crippen LogP contribution in [0.3, 0.4) is 0 Å². The van der Waals surface area contributed by atoms with Crippen LogP contribution in [0.4, 0.5) is 0 Å². The van der Waals surface area contributed by atoms with Crippen LogP contribution in [0.25, 0.3) is 0 Å². The predicted octanol–water partition coefficient (Wildman–Crippen LogP) is 2.49. The van der Waals surface area contributed by atoms with Crippen molar-refractivity contribution < 1.29 is 8.42 Å². The summed E-state index contributed by atoms with van der Waals surface area (Å²) in [4.78, 5) is 0.321. The normalized spacial score (nSPS) is 11.4. The highest BCUT2D eigenvalue weighted by atomic mass is 79.9. The first-order valence-electron chi connectivity index (χ1n) is 4.73. The molecule has 1 N–H and O–H groups in total. The largest absolute Gasteiger partial charge is 0.241 e. The Kier molecular flexibility index (Phi) is 4.29. The molecule has 0 aromatic heterocycles. The van der Waals surface area contributed by atoms with Gasteiger partial charge in [-0.3, -0.25) is 0 Å². The first-order valence-corrected chi connectivity index (χ1v) is 7.01. The van der Waals surface area contributed by atoms with Gasteiger partial charge in [0.1, 0.15) is 0 Å². The summed E-state index contributed by atoms with van der Waals surface area (Å²) in [5.41, 5.74) is 1.65. The molecule has 5 heteroatoms. The molecule has 1 rings (SSSR count). The van der Waals surface area contributed by atoms with Gasteiger partial charge in [0.25, 0.3) is 0 Å². The lowest BCUT2D eigenvalue weighted by Crippen LogP contribution is -2.25. The second kappa shape index (κ2) is 5.12. The van der Waals surface area contributed by atoms with Crippen LogP contribution in [0.1, 0.15) is 11.1 Å². The second-order valence-electron chi connectivity index (χ2n) is 3.61. The van der Waals surface area contributed by atoms with Crippen molar-refractivity contribution in [3.05, 3.63) is 40.4 Å². The minimum Gasteiger partial charge on any atom is -0.207 e. The third-order valence-electron chi connectivity index (χ3n) is 2.09. The summed E-state index contributed by atoms with van der Waals surface area (Å²) in [6.45, 7) is 7.41. The Hall–Kier alpha value is -0.650. The summed E-state index contributed by atoms with van der Waals surface area (Å²) in [6.07, 6.45) is 0.